The van der Waals surface area contributed by atoms with Gasteiger partial charge in [0, 0.05) is 12.1 Å². The molecule has 1 atom stereocenters. The van der Waals surface area contributed by atoms with Crippen LogP contribution in [-0.4, -0.2) is 29.4 Å². The molecule has 0 bridgehead atoms. The van der Waals surface area contributed by atoms with Crippen LogP contribution in [0.1, 0.15) is 54.3 Å². The number of rotatable bonds is 4. The molecule has 0 unspecified atom stereocenters. The summed E-state index contributed by atoms with van der Waals surface area (Å²) in [6.07, 6.45) is 5.73. The molecule has 0 saturated carbocycles. The third-order valence-corrected chi connectivity index (χ3v) is 8.07. The second-order valence-corrected chi connectivity index (χ2v) is 10.1. The van der Waals surface area contributed by atoms with Gasteiger partial charge in [-0.2, -0.15) is 9.29 Å². The Bertz CT molecular complexity index is 1170. The summed E-state index contributed by atoms with van der Waals surface area (Å²) in [6, 6.07) is 13.1. The van der Waals surface area contributed by atoms with Crippen LogP contribution in [0.5, 0.6) is 0 Å². The molecule has 0 radical (unpaired) electrons. The van der Waals surface area contributed by atoms with Gasteiger partial charge >= 0.3 is 0 Å². The van der Waals surface area contributed by atoms with Gasteiger partial charge in [-0.15, -0.1) is 0 Å². The Morgan fingerprint density at radius 2 is 1.77 bits per heavy atom. The zero-order chi connectivity index (χ0) is 20.7. The fourth-order valence-electron chi connectivity index (χ4n) is 4.47. The van der Waals surface area contributed by atoms with Crippen molar-refractivity contribution in [3.63, 3.8) is 0 Å². The Morgan fingerprint density at radius 3 is 2.57 bits per heavy atom. The van der Waals surface area contributed by atoms with Crippen LogP contribution in [0.15, 0.2) is 51.9 Å². The van der Waals surface area contributed by atoms with E-state index in [-0.39, 0.29) is 0 Å². The van der Waals surface area contributed by atoms with Crippen molar-refractivity contribution < 1.29 is 12.9 Å². The van der Waals surface area contributed by atoms with E-state index in [0.29, 0.717) is 29.6 Å². The maximum atomic E-state index is 13.5. The number of benzene rings is 2. The van der Waals surface area contributed by atoms with Crippen molar-refractivity contribution >= 4 is 10.0 Å². The molecule has 1 aliphatic heterocycles. The SMILES string of the molecule is Cc1ccc(-c2noc([C@H]3CCCN3S(=O)(=O)c3ccc4c(c3)CCCC4)n2)cc1. The fraction of sp³-hybridized carbons (Fsp3) is 0.391. The third-order valence-electron chi connectivity index (χ3n) is 6.17. The van der Waals surface area contributed by atoms with E-state index < -0.39 is 16.1 Å². The van der Waals surface area contributed by atoms with Crippen molar-refractivity contribution in [1.29, 1.82) is 0 Å². The van der Waals surface area contributed by atoms with Gasteiger partial charge in [0.25, 0.3) is 0 Å². The quantitative estimate of drug-likeness (QED) is 0.620. The summed E-state index contributed by atoms with van der Waals surface area (Å²) in [5, 5.41) is 4.10. The Morgan fingerprint density at radius 1 is 1.00 bits per heavy atom. The number of aromatic nitrogens is 2. The first-order valence-corrected chi connectivity index (χ1v) is 12.0. The van der Waals surface area contributed by atoms with Crippen molar-refractivity contribution in [3.8, 4) is 11.4 Å². The summed E-state index contributed by atoms with van der Waals surface area (Å²) in [5.74, 6) is 0.854. The number of fused-ring (bicyclic) bond motifs is 1. The summed E-state index contributed by atoms with van der Waals surface area (Å²) in [5.41, 5.74) is 4.45. The van der Waals surface area contributed by atoms with Crippen LogP contribution < -0.4 is 0 Å². The standard InChI is InChI=1S/C23H25N3O3S/c1-16-8-10-18(11-9-16)22-24-23(29-25-22)21-7-4-14-26(21)30(27,28)20-13-12-17-5-2-3-6-19(17)15-20/h8-13,15,21H,2-7,14H2,1H3/t21-/m1/s1. The lowest BCUT2D eigenvalue weighted by Crippen LogP contribution is -2.31. The monoisotopic (exact) mass is 423 g/mol. The first-order chi connectivity index (χ1) is 14.5. The van der Waals surface area contributed by atoms with E-state index >= 15 is 0 Å². The highest BCUT2D eigenvalue weighted by Crippen LogP contribution is 2.37. The van der Waals surface area contributed by atoms with E-state index in [2.05, 4.69) is 10.1 Å². The van der Waals surface area contributed by atoms with E-state index in [1.165, 1.54) is 16.3 Å². The molecular formula is C23H25N3O3S. The van der Waals surface area contributed by atoms with Gasteiger partial charge in [0.1, 0.15) is 6.04 Å². The molecule has 2 heterocycles. The summed E-state index contributed by atoms with van der Waals surface area (Å²) >= 11 is 0. The Hall–Kier alpha value is -2.51. The van der Waals surface area contributed by atoms with Crippen LogP contribution in [0, 0.1) is 6.92 Å². The molecule has 5 rings (SSSR count). The van der Waals surface area contributed by atoms with Crippen molar-refractivity contribution in [2.24, 2.45) is 0 Å². The maximum absolute atomic E-state index is 13.5. The minimum Gasteiger partial charge on any atom is -0.337 e. The van der Waals surface area contributed by atoms with Gasteiger partial charge in [0.2, 0.25) is 21.7 Å². The molecule has 156 valence electrons. The van der Waals surface area contributed by atoms with Gasteiger partial charge in [-0.05, 0) is 68.7 Å². The number of sulfonamides is 1. The van der Waals surface area contributed by atoms with Crippen molar-refractivity contribution in [2.75, 3.05) is 6.54 Å². The second-order valence-electron chi connectivity index (χ2n) is 8.23. The number of hydrogen-bond donors (Lipinski definition) is 0. The molecule has 6 nitrogen and oxygen atoms in total. The van der Waals surface area contributed by atoms with Gasteiger partial charge in [-0.3, -0.25) is 0 Å². The van der Waals surface area contributed by atoms with Crippen LogP contribution in [0.4, 0.5) is 0 Å². The van der Waals surface area contributed by atoms with Gasteiger partial charge in [0.05, 0.1) is 4.90 Å². The third kappa shape index (κ3) is 3.46. The predicted molar refractivity (Wildman–Crippen MR) is 113 cm³/mol. The first kappa shape index (κ1) is 19.5. The van der Waals surface area contributed by atoms with Gasteiger partial charge < -0.3 is 4.52 Å². The van der Waals surface area contributed by atoms with E-state index in [0.717, 1.165) is 42.4 Å². The van der Waals surface area contributed by atoms with E-state index in [4.69, 9.17) is 4.52 Å². The highest BCUT2D eigenvalue weighted by atomic mass is 32.2. The average Bonchev–Trinajstić information content (AvgIpc) is 3.44. The minimum atomic E-state index is -3.62. The molecule has 0 amide bonds. The van der Waals surface area contributed by atoms with Crippen LogP contribution in [0.2, 0.25) is 0 Å². The maximum Gasteiger partial charge on any atom is 0.245 e. The zero-order valence-corrected chi connectivity index (χ0v) is 17.9. The molecule has 0 spiro atoms. The lowest BCUT2D eigenvalue weighted by Gasteiger charge is -2.23. The largest absolute Gasteiger partial charge is 0.337 e. The van der Waals surface area contributed by atoms with Crippen LogP contribution >= 0.6 is 0 Å². The number of nitrogens with zero attached hydrogens (tertiary/aromatic N) is 3. The predicted octanol–water partition coefficient (Wildman–Crippen LogP) is 4.45. The Labute approximate surface area is 177 Å². The molecule has 2 aliphatic rings. The first-order valence-electron chi connectivity index (χ1n) is 10.6. The zero-order valence-electron chi connectivity index (χ0n) is 17.0. The summed E-state index contributed by atoms with van der Waals surface area (Å²) in [7, 11) is -3.62. The molecular weight excluding hydrogens is 398 g/mol. The molecule has 1 fully saturated rings. The minimum absolute atomic E-state index is 0.365. The molecule has 1 aliphatic carbocycles. The fourth-order valence-corrected chi connectivity index (χ4v) is 6.17. The van der Waals surface area contributed by atoms with Gasteiger partial charge in [0.15, 0.2) is 0 Å². The molecule has 3 aromatic rings. The van der Waals surface area contributed by atoms with Crippen molar-refractivity contribution in [1.82, 2.24) is 14.4 Å². The average molecular weight is 424 g/mol. The normalized spacial score (nSPS) is 19.7. The lowest BCUT2D eigenvalue weighted by molar-refractivity contribution is 0.290. The summed E-state index contributed by atoms with van der Waals surface area (Å²) in [6.45, 7) is 2.49. The second kappa shape index (κ2) is 7.63. The molecule has 0 N–H and O–H groups in total. The molecule has 1 saturated heterocycles. The summed E-state index contributed by atoms with van der Waals surface area (Å²) in [4.78, 5) is 4.90. The Kier molecular flexibility index (Phi) is 4.95. The number of aryl methyl sites for hydroxylation is 3. The van der Waals surface area contributed by atoms with Gasteiger partial charge in [-0.25, -0.2) is 8.42 Å². The Balaban J connectivity index is 1.44. The highest BCUT2D eigenvalue weighted by Gasteiger charge is 2.39. The summed E-state index contributed by atoms with van der Waals surface area (Å²) < 4.78 is 34.0. The molecule has 30 heavy (non-hydrogen) atoms. The highest BCUT2D eigenvalue weighted by molar-refractivity contribution is 7.89. The lowest BCUT2D eigenvalue weighted by atomic mass is 9.92. The van der Waals surface area contributed by atoms with E-state index in [1.54, 1.807) is 6.07 Å². The topological polar surface area (TPSA) is 76.3 Å². The number of hydrogen-bond acceptors (Lipinski definition) is 5. The van der Waals surface area contributed by atoms with Gasteiger partial charge in [-0.1, -0.05) is 41.1 Å². The molecule has 1 aromatic heterocycles. The van der Waals surface area contributed by atoms with E-state index in [1.807, 2.05) is 43.3 Å². The van der Waals surface area contributed by atoms with E-state index in [9.17, 15) is 8.42 Å². The molecule has 7 heteroatoms. The van der Waals surface area contributed by atoms with Crippen molar-refractivity contribution in [3.05, 3.63) is 65.0 Å². The smallest absolute Gasteiger partial charge is 0.245 e. The molecule has 2 aromatic carbocycles. The van der Waals surface area contributed by atoms with Crippen LogP contribution in [0.25, 0.3) is 11.4 Å². The van der Waals surface area contributed by atoms with Crippen LogP contribution in [0.3, 0.4) is 0 Å². The van der Waals surface area contributed by atoms with Crippen molar-refractivity contribution in [2.45, 2.75) is 56.4 Å². The van der Waals surface area contributed by atoms with Crippen LogP contribution in [-0.2, 0) is 22.9 Å².